The molecule has 0 spiro atoms. The number of aromatic carboxylic acids is 1. The first kappa shape index (κ1) is 21.2. The predicted octanol–water partition coefficient (Wildman–Crippen LogP) is 2.91. The van der Waals surface area contributed by atoms with Crippen molar-refractivity contribution in [2.75, 3.05) is 6.54 Å². The Hall–Kier alpha value is -3.52. The molecule has 1 aromatic carbocycles. The number of carboxylic acid groups (broad SMARTS) is 1. The highest BCUT2D eigenvalue weighted by atomic mass is 32.1. The first-order valence-electron chi connectivity index (χ1n) is 9.19. The summed E-state index contributed by atoms with van der Waals surface area (Å²) in [6, 6.07) is 6.93. The average Bonchev–Trinajstić information content (AvgIpc) is 2.95. The van der Waals surface area contributed by atoms with Gasteiger partial charge in [-0.15, -0.1) is 6.58 Å². The Morgan fingerprint density at radius 3 is 2.60 bits per heavy atom. The molecule has 1 aliphatic rings. The fourth-order valence-electron chi connectivity index (χ4n) is 3.55. The van der Waals surface area contributed by atoms with Crippen molar-refractivity contribution < 1.29 is 19.5 Å². The minimum absolute atomic E-state index is 0.0262. The third-order valence-corrected chi connectivity index (χ3v) is 5.37. The lowest BCUT2D eigenvalue weighted by Crippen LogP contribution is -2.53. The second-order valence-electron chi connectivity index (χ2n) is 6.94. The highest BCUT2D eigenvalue weighted by Crippen LogP contribution is 2.27. The molecule has 8 heteroatoms. The molecule has 0 aliphatic carbocycles. The number of nitrogens with one attached hydrogen (secondary N) is 1. The van der Waals surface area contributed by atoms with E-state index in [1.807, 2.05) is 30.5 Å². The number of benzene rings is 1. The molecule has 30 heavy (non-hydrogen) atoms. The molecule has 7 nitrogen and oxygen atoms in total. The van der Waals surface area contributed by atoms with E-state index in [2.05, 4.69) is 11.9 Å². The maximum Gasteiger partial charge on any atom is 0.336 e. The minimum atomic E-state index is -0.998. The molecule has 0 atom stereocenters. The summed E-state index contributed by atoms with van der Waals surface area (Å²) in [4.78, 5) is 38.0. The Bertz CT molecular complexity index is 1140. The van der Waals surface area contributed by atoms with Crippen LogP contribution in [0.25, 0.3) is 11.8 Å². The van der Waals surface area contributed by atoms with Gasteiger partial charge in [-0.25, -0.2) is 4.79 Å². The van der Waals surface area contributed by atoms with Crippen LogP contribution in [0.4, 0.5) is 0 Å². The first-order valence-corrected chi connectivity index (χ1v) is 9.60. The Balaban J connectivity index is 2.11. The van der Waals surface area contributed by atoms with Gasteiger partial charge >= 0.3 is 5.97 Å². The lowest BCUT2D eigenvalue weighted by molar-refractivity contribution is -0.128. The Morgan fingerprint density at radius 2 is 1.97 bits per heavy atom. The van der Waals surface area contributed by atoms with Crippen LogP contribution in [0.5, 0.6) is 0 Å². The van der Waals surface area contributed by atoms with E-state index < -0.39 is 17.8 Å². The third kappa shape index (κ3) is 3.57. The molecule has 2 aromatic rings. The number of carboxylic acids is 1. The van der Waals surface area contributed by atoms with Crippen LogP contribution >= 0.6 is 12.2 Å². The summed E-state index contributed by atoms with van der Waals surface area (Å²) in [5.41, 5.74) is 3.83. The number of rotatable bonds is 5. The zero-order valence-electron chi connectivity index (χ0n) is 16.9. The molecule has 1 aliphatic heterocycles. The lowest BCUT2D eigenvalue weighted by atomic mass is 10.1. The van der Waals surface area contributed by atoms with Crippen molar-refractivity contribution in [1.82, 2.24) is 14.8 Å². The van der Waals surface area contributed by atoms with Crippen molar-refractivity contribution in [1.29, 1.82) is 0 Å². The van der Waals surface area contributed by atoms with Gasteiger partial charge in [-0.05, 0) is 68.4 Å². The number of hydrogen-bond acceptors (Lipinski definition) is 4. The van der Waals surface area contributed by atoms with Crippen LogP contribution in [-0.2, 0) is 9.59 Å². The normalized spacial score (nSPS) is 15.5. The number of nitrogens with zero attached hydrogens (tertiary/aromatic N) is 2. The number of carbonyl (C=O) groups excluding carboxylic acids is 2. The molecule has 2 heterocycles. The van der Waals surface area contributed by atoms with E-state index in [9.17, 15) is 19.5 Å². The summed E-state index contributed by atoms with van der Waals surface area (Å²) < 4.78 is 1.91. The molecule has 2 N–H and O–H groups in total. The monoisotopic (exact) mass is 423 g/mol. The van der Waals surface area contributed by atoms with Gasteiger partial charge in [0.2, 0.25) is 0 Å². The minimum Gasteiger partial charge on any atom is -0.478 e. The SMILES string of the molecule is C=CCN1C(=O)/C(=C/c2cc(C)n(-c3cccc(C(=O)O)c3C)c2C)C(=O)NC1=S. The molecule has 1 fully saturated rings. The van der Waals surface area contributed by atoms with Crippen molar-refractivity contribution in [2.24, 2.45) is 0 Å². The van der Waals surface area contributed by atoms with Gasteiger partial charge in [-0.2, -0.15) is 0 Å². The maximum absolute atomic E-state index is 12.8. The van der Waals surface area contributed by atoms with Gasteiger partial charge in [0.25, 0.3) is 11.8 Å². The molecule has 2 amide bonds. The van der Waals surface area contributed by atoms with E-state index in [1.54, 1.807) is 19.1 Å². The van der Waals surface area contributed by atoms with Gasteiger partial charge in [-0.1, -0.05) is 12.1 Å². The summed E-state index contributed by atoms with van der Waals surface area (Å²) in [5, 5.41) is 12.0. The van der Waals surface area contributed by atoms with E-state index in [1.165, 1.54) is 17.1 Å². The maximum atomic E-state index is 12.8. The number of hydrogen-bond donors (Lipinski definition) is 2. The zero-order chi connectivity index (χ0) is 22.2. The topological polar surface area (TPSA) is 91.6 Å². The predicted molar refractivity (Wildman–Crippen MR) is 118 cm³/mol. The van der Waals surface area contributed by atoms with Gasteiger partial charge in [-0.3, -0.25) is 19.8 Å². The van der Waals surface area contributed by atoms with Gasteiger partial charge < -0.3 is 9.67 Å². The number of aryl methyl sites for hydroxylation is 1. The lowest BCUT2D eigenvalue weighted by Gasteiger charge is -2.27. The summed E-state index contributed by atoms with van der Waals surface area (Å²) in [7, 11) is 0. The third-order valence-electron chi connectivity index (χ3n) is 5.04. The standard InChI is InChI=1S/C22H21N3O4S/c1-5-9-24-20(27)17(19(26)23-22(24)30)11-15-10-12(2)25(14(15)4)18-8-6-7-16(13(18)3)21(28)29/h5-8,10-11H,1,9H2,2-4H3,(H,28,29)(H,23,26,30)/b17-11+. The molecular weight excluding hydrogens is 402 g/mol. The van der Waals surface area contributed by atoms with E-state index in [4.69, 9.17) is 12.2 Å². The Labute approximate surface area is 179 Å². The van der Waals surface area contributed by atoms with E-state index >= 15 is 0 Å². The number of amides is 2. The molecule has 3 rings (SSSR count). The van der Waals surface area contributed by atoms with Crippen LogP contribution in [0.2, 0.25) is 0 Å². The quantitative estimate of drug-likeness (QED) is 0.334. The van der Waals surface area contributed by atoms with Crippen LogP contribution in [0.15, 0.2) is 42.5 Å². The van der Waals surface area contributed by atoms with Gasteiger partial charge in [0, 0.05) is 23.6 Å². The number of thiocarbonyl (C=S) groups is 1. The van der Waals surface area contributed by atoms with Crippen LogP contribution in [0.3, 0.4) is 0 Å². The first-order chi connectivity index (χ1) is 14.2. The zero-order valence-corrected chi connectivity index (χ0v) is 17.7. The number of aromatic nitrogens is 1. The fourth-order valence-corrected chi connectivity index (χ4v) is 3.80. The van der Waals surface area contributed by atoms with Gasteiger partial charge in [0.05, 0.1) is 5.56 Å². The molecule has 1 aromatic heterocycles. The molecular formula is C22H21N3O4S. The van der Waals surface area contributed by atoms with Crippen LogP contribution in [0, 0.1) is 20.8 Å². The van der Waals surface area contributed by atoms with E-state index in [0.717, 1.165) is 17.1 Å². The van der Waals surface area contributed by atoms with Gasteiger partial charge in [0.15, 0.2) is 5.11 Å². The van der Waals surface area contributed by atoms with Crippen molar-refractivity contribution >= 4 is 41.2 Å². The second-order valence-corrected chi connectivity index (χ2v) is 7.33. The molecule has 0 bridgehead atoms. The molecule has 0 radical (unpaired) electrons. The van der Waals surface area contributed by atoms with Crippen molar-refractivity contribution in [3.05, 3.63) is 70.6 Å². The number of carbonyl (C=O) groups is 3. The van der Waals surface area contributed by atoms with Crippen LogP contribution < -0.4 is 5.32 Å². The van der Waals surface area contributed by atoms with E-state index in [0.29, 0.717) is 11.1 Å². The molecule has 1 saturated heterocycles. The summed E-state index contributed by atoms with van der Waals surface area (Å²) in [6.07, 6.45) is 3.06. The Kier molecular flexibility index (Phi) is 5.71. The average molecular weight is 423 g/mol. The van der Waals surface area contributed by atoms with Crippen molar-refractivity contribution in [2.45, 2.75) is 20.8 Å². The highest BCUT2D eigenvalue weighted by Gasteiger charge is 2.33. The molecule has 154 valence electrons. The van der Waals surface area contributed by atoms with Crippen LogP contribution in [-0.4, -0.2) is 44.0 Å². The summed E-state index contributed by atoms with van der Waals surface area (Å²) in [5.74, 6) is -2.04. The largest absolute Gasteiger partial charge is 0.478 e. The Morgan fingerprint density at radius 1 is 1.27 bits per heavy atom. The van der Waals surface area contributed by atoms with Crippen molar-refractivity contribution in [3.63, 3.8) is 0 Å². The summed E-state index contributed by atoms with van der Waals surface area (Å²) in [6.45, 7) is 9.28. The molecule has 0 unspecified atom stereocenters. The van der Waals surface area contributed by atoms with E-state index in [-0.39, 0.29) is 22.8 Å². The summed E-state index contributed by atoms with van der Waals surface area (Å²) >= 11 is 5.07. The van der Waals surface area contributed by atoms with Gasteiger partial charge in [0.1, 0.15) is 5.57 Å². The molecule has 0 saturated carbocycles. The van der Waals surface area contributed by atoms with Crippen molar-refractivity contribution in [3.8, 4) is 5.69 Å². The smallest absolute Gasteiger partial charge is 0.336 e. The fraction of sp³-hybridized carbons (Fsp3) is 0.182. The highest BCUT2D eigenvalue weighted by molar-refractivity contribution is 7.80. The second kappa shape index (κ2) is 8.08. The van der Waals surface area contributed by atoms with Crippen LogP contribution in [0.1, 0.15) is 32.9 Å².